The number of hydrogen-bond acceptors (Lipinski definition) is 6. The first-order chi connectivity index (χ1) is 19.6. The van der Waals surface area contributed by atoms with Crippen molar-refractivity contribution in [3.05, 3.63) is 90.9 Å². The molecule has 0 aliphatic carbocycles. The molecule has 0 saturated heterocycles. The molecule has 0 aliphatic rings. The van der Waals surface area contributed by atoms with Gasteiger partial charge in [0.2, 0.25) is 0 Å². The molecule has 0 N–H and O–H groups in total. The molecule has 8 nitrogen and oxygen atoms in total. The van der Waals surface area contributed by atoms with Gasteiger partial charge < -0.3 is 9.30 Å². The summed E-state index contributed by atoms with van der Waals surface area (Å²) in [6.07, 6.45) is -6.21. The average molecular weight is 611 g/mol. The number of benzene rings is 3. The van der Waals surface area contributed by atoms with Gasteiger partial charge in [0.1, 0.15) is 23.6 Å². The minimum absolute atomic E-state index is 0.0573. The highest BCUT2D eigenvalue weighted by atomic mass is 32.2. The van der Waals surface area contributed by atoms with Crippen LogP contribution >= 0.6 is 0 Å². The zero-order chi connectivity index (χ0) is 30.4. The highest BCUT2D eigenvalue weighted by molar-refractivity contribution is 7.90. The van der Waals surface area contributed by atoms with Gasteiger partial charge in [0.25, 0.3) is 0 Å². The number of alkyl halides is 6. The molecule has 5 rings (SSSR count). The quantitative estimate of drug-likeness (QED) is 0.211. The van der Waals surface area contributed by atoms with Crippen LogP contribution in [0.25, 0.3) is 33.8 Å². The number of ether oxygens (including phenoxy) is 1. The van der Waals surface area contributed by atoms with Gasteiger partial charge in [-0.15, -0.1) is 18.3 Å². The topological polar surface area (TPSA) is 91.9 Å². The summed E-state index contributed by atoms with van der Waals surface area (Å²) in [5, 5.41) is 7.77. The molecular formula is C26H16F7N5O3S. The summed E-state index contributed by atoms with van der Waals surface area (Å²) >= 11 is 0. The van der Waals surface area contributed by atoms with Crippen LogP contribution in [0.5, 0.6) is 5.75 Å². The molecule has 2 aromatic heterocycles. The predicted molar refractivity (Wildman–Crippen MR) is 134 cm³/mol. The lowest BCUT2D eigenvalue weighted by molar-refractivity contribution is -0.274. The first-order valence-corrected chi connectivity index (χ1v) is 13.5. The van der Waals surface area contributed by atoms with Crippen LogP contribution in [0.3, 0.4) is 0 Å². The second kappa shape index (κ2) is 10.3. The third-order valence-electron chi connectivity index (χ3n) is 5.93. The van der Waals surface area contributed by atoms with E-state index in [1.54, 1.807) is 0 Å². The van der Waals surface area contributed by atoms with Crippen molar-refractivity contribution in [1.29, 1.82) is 0 Å². The highest BCUT2D eigenvalue weighted by Crippen LogP contribution is 2.35. The second-order valence-electron chi connectivity index (χ2n) is 8.89. The summed E-state index contributed by atoms with van der Waals surface area (Å²) in [6.45, 7) is 0. The van der Waals surface area contributed by atoms with Crippen LogP contribution in [-0.4, -0.2) is 45.6 Å². The lowest BCUT2D eigenvalue weighted by Crippen LogP contribution is -2.17. The van der Waals surface area contributed by atoms with Crippen LogP contribution in [0.15, 0.2) is 84.3 Å². The molecule has 0 atom stereocenters. The Kier molecular flexibility index (Phi) is 7.04. The van der Waals surface area contributed by atoms with Crippen molar-refractivity contribution < 1.29 is 43.9 Å². The van der Waals surface area contributed by atoms with Gasteiger partial charge in [-0.05, 0) is 59.7 Å². The minimum Gasteiger partial charge on any atom is -0.406 e. The summed E-state index contributed by atoms with van der Waals surface area (Å²) in [5.74, 6) is -1.53. The van der Waals surface area contributed by atoms with Gasteiger partial charge in [0, 0.05) is 18.0 Å². The van der Waals surface area contributed by atoms with Crippen LogP contribution < -0.4 is 4.74 Å². The van der Waals surface area contributed by atoms with Gasteiger partial charge >= 0.3 is 12.5 Å². The van der Waals surface area contributed by atoms with Gasteiger partial charge in [-0.3, -0.25) is 0 Å². The van der Waals surface area contributed by atoms with Gasteiger partial charge in [-0.2, -0.15) is 13.2 Å². The van der Waals surface area contributed by atoms with Gasteiger partial charge in [-0.25, -0.2) is 22.5 Å². The largest absolute Gasteiger partial charge is 0.573 e. The third-order valence-corrected chi connectivity index (χ3v) is 7.04. The van der Waals surface area contributed by atoms with Crippen LogP contribution in [0.1, 0.15) is 5.69 Å². The molecule has 0 amide bonds. The monoisotopic (exact) mass is 611 g/mol. The maximum absolute atomic E-state index is 15.8. The number of imidazole rings is 1. The summed E-state index contributed by atoms with van der Waals surface area (Å²) in [6, 6.07) is 12.5. The van der Waals surface area contributed by atoms with Crippen molar-refractivity contribution in [2.75, 3.05) is 6.26 Å². The van der Waals surface area contributed by atoms with Crippen molar-refractivity contribution in [2.45, 2.75) is 17.4 Å². The molecule has 0 saturated carbocycles. The number of aromatic nitrogens is 5. The Morgan fingerprint density at radius 2 is 1.60 bits per heavy atom. The number of rotatable bonds is 6. The van der Waals surface area contributed by atoms with Crippen LogP contribution in [0.4, 0.5) is 30.7 Å². The molecule has 2 heterocycles. The average Bonchev–Trinajstić information content (AvgIpc) is 3.58. The van der Waals surface area contributed by atoms with Crippen LogP contribution in [0, 0.1) is 5.82 Å². The standard InChI is InChI=1S/C26H16F7N5O3S/c1-42(39,40)19-4-2-3-16(9-19)17-10-20(27)24(37-13-23(34-14-37)25(28,29)30)21(11-17)38-22(12-35-36-38)15-5-7-18(8-6-15)41-26(31,32)33/h2-14H,1H3. The zero-order valence-corrected chi connectivity index (χ0v) is 21.8. The smallest absolute Gasteiger partial charge is 0.406 e. The van der Waals surface area contributed by atoms with Crippen molar-refractivity contribution in [3.63, 3.8) is 0 Å². The first-order valence-electron chi connectivity index (χ1n) is 11.6. The Labute approximate surface area is 232 Å². The molecular weight excluding hydrogens is 595 g/mol. The van der Waals surface area contributed by atoms with Crippen LogP contribution in [-0.2, 0) is 16.0 Å². The summed E-state index contributed by atoms with van der Waals surface area (Å²) in [5.41, 5.74) is -1.05. The summed E-state index contributed by atoms with van der Waals surface area (Å²) in [4.78, 5) is 3.26. The molecule has 0 aliphatic heterocycles. The maximum atomic E-state index is 15.8. The Morgan fingerprint density at radius 3 is 2.21 bits per heavy atom. The molecule has 16 heteroatoms. The number of halogens is 7. The number of hydrogen-bond donors (Lipinski definition) is 0. The van der Waals surface area contributed by atoms with Gasteiger partial charge in [0.15, 0.2) is 15.5 Å². The van der Waals surface area contributed by atoms with Crippen molar-refractivity contribution in [1.82, 2.24) is 24.5 Å². The van der Waals surface area contributed by atoms with Crippen molar-refractivity contribution in [3.8, 4) is 39.5 Å². The van der Waals surface area contributed by atoms with E-state index in [0.29, 0.717) is 6.20 Å². The van der Waals surface area contributed by atoms with Gasteiger partial charge in [-0.1, -0.05) is 17.3 Å². The first kappa shape index (κ1) is 28.8. The third kappa shape index (κ3) is 5.97. The molecule has 218 valence electrons. The lowest BCUT2D eigenvalue weighted by Gasteiger charge is -2.16. The van der Waals surface area contributed by atoms with Crippen molar-refractivity contribution in [2.24, 2.45) is 0 Å². The van der Waals surface area contributed by atoms with Crippen molar-refractivity contribution >= 4 is 9.84 Å². The van der Waals surface area contributed by atoms with E-state index in [4.69, 9.17) is 0 Å². The van der Waals surface area contributed by atoms with Gasteiger partial charge in [0.05, 0.1) is 22.5 Å². The summed E-state index contributed by atoms with van der Waals surface area (Å²) in [7, 11) is -3.64. The van der Waals surface area contributed by atoms with E-state index in [-0.39, 0.29) is 33.0 Å². The van der Waals surface area contributed by atoms with E-state index in [1.165, 1.54) is 48.7 Å². The molecule has 0 radical (unpaired) electrons. The number of sulfone groups is 1. The Bertz CT molecular complexity index is 1880. The summed E-state index contributed by atoms with van der Waals surface area (Å²) < 4.78 is 123. The molecule has 0 bridgehead atoms. The van der Waals surface area contributed by atoms with E-state index >= 15 is 4.39 Å². The Hall–Kier alpha value is -4.73. The Morgan fingerprint density at radius 1 is 0.881 bits per heavy atom. The fourth-order valence-electron chi connectivity index (χ4n) is 4.10. The van der Waals surface area contributed by atoms with Crippen LogP contribution in [0.2, 0.25) is 0 Å². The fraction of sp³-hybridized carbons (Fsp3) is 0.115. The minimum atomic E-state index is -4.92. The van der Waals surface area contributed by atoms with E-state index < -0.39 is 45.3 Å². The molecule has 0 unspecified atom stereocenters. The van der Waals surface area contributed by atoms with E-state index in [9.17, 15) is 34.8 Å². The molecule has 3 aromatic carbocycles. The molecule has 0 fully saturated rings. The maximum Gasteiger partial charge on any atom is 0.573 e. The normalized spacial score (nSPS) is 12.5. The molecule has 5 aromatic rings. The predicted octanol–water partition coefficient (Wildman–Crippen LogP) is 6.25. The van der Waals surface area contributed by atoms with E-state index in [1.807, 2.05) is 0 Å². The zero-order valence-electron chi connectivity index (χ0n) is 21.0. The second-order valence-corrected chi connectivity index (χ2v) is 10.9. The molecule has 42 heavy (non-hydrogen) atoms. The SMILES string of the molecule is CS(=O)(=O)c1cccc(-c2cc(F)c(-n3cnc(C(F)(F)F)c3)c(-n3nncc3-c3ccc(OC(F)(F)F)cc3)c2)c1. The highest BCUT2D eigenvalue weighted by Gasteiger charge is 2.34. The lowest BCUT2D eigenvalue weighted by atomic mass is 10.0. The van der Waals surface area contributed by atoms with E-state index in [2.05, 4.69) is 20.0 Å². The molecule has 0 spiro atoms. The number of nitrogens with zero attached hydrogens (tertiary/aromatic N) is 5. The van der Waals surface area contributed by atoms with E-state index in [0.717, 1.165) is 40.0 Å². The fourth-order valence-corrected chi connectivity index (χ4v) is 4.77. The Balaban J connectivity index is 1.70.